The van der Waals surface area contributed by atoms with Crippen molar-refractivity contribution in [1.29, 1.82) is 0 Å². The molecule has 1 aliphatic rings. The minimum absolute atomic E-state index is 0.0428. The first-order valence-electron chi connectivity index (χ1n) is 6.84. The van der Waals surface area contributed by atoms with Gasteiger partial charge in [-0.2, -0.15) is 0 Å². The topological polar surface area (TPSA) is 61.4 Å². The summed E-state index contributed by atoms with van der Waals surface area (Å²) < 4.78 is 0. The van der Waals surface area contributed by atoms with Gasteiger partial charge in [0.05, 0.1) is 12.1 Å². The summed E-state index contributed by atoms with van der Waals surface area (Å²) in [5, 5.41) is 16.1. The molecule has 0 radical (unpaired) electrons. The molecule has 0 spiro atoms. The first-order valence-corrected chi connectivity index (χ1v) is 6.84. The van der Waals surface area contributed by atoms with E-state index in [0.717, 1.165) is 38.6 Å². The molecule has 0 bridgehead atoms. The minimum Gasteiger partial charge on any atom is -0.391 e. The van der Waals surface area contributed by atoms with Gasteiger partial charge in [0, 0.05) is 12.5 Å². The molecule has 3 unspecified atom stereocenters. The zero-order valence-corrected chi connectivity index (χ0v) is 11.0. The number of carbonyl (C=O) groups excluding carboxylic acids is 1. The number of nitrogens with one attached hydrogen (secondary N) is 2. The first kappa shape index (κ1) is 14.5. The van der Waals surface area contributed by atoms with Gasteiger partial charge in [-0.05, 0) is 26.3 Å². The van der Waals surface area contributed by atoms with Gasteiger partial charge >= 0.3 is 0 Å². The highest BCUT2D eigenvalue weighted by molar-refractivity contribution is 5.76. The minimum atomic E-state index is -0.365. The molecule has 4 nitrogen and oxygen atoms in total. The fraction of sp³-hybridized carbons (Fsp3) is 0.923. The molecule has 0 aromatic carbocycles. The van der Waals surface area contributed by atoms with Gasteiger partial charge in [-0.25, -0.2) is 0 Å². The second-order valence-electron chi connectivity index (χ2n) is 5.04. The van der Waals surface area contributed by atoms with E-state index in [1.807, 2.05) is 13.8 Å². The van der Waals surface area contributed by atoms with Crippen LogP contribution in [0.15, 0.2) is 0 Å². The lowest BCUT2D eigenvalue weighted by Crippen LogP contribution is -2.44. The number of hydrogen-bond donors (Lipinski definition) is 3. The Morgan fingerprint density at radius 2 is 2.06 bits per heavy atom. The Morgan fingerprint density at radius 3 is 2.76 bits per heavy atom. The Kier molecular flexibility index (Phi) is 6.52. The van der Waals surface area contributed by atoms with Crippen LogP contribution < -0.4 is 10.6 Å². The zero-order chi connectivity index (χ0) is 12.7. The summed E-state index contributed by atoms with van der Waals surface area (Å²) in [6.45, 7) is 4.91. The maximum atomic E-state index is 11.8. The van der Waals surface area contributed by atoms with Gasteiger partial charge in [0.2, 0.25) is 5.91 Å². The molecule has 17 heavy (non-hydrogen) atoms. The van der Waals surface area contributed by atoms with Gasteiger partial charge in [0.15, 0.2) is 0 Å². The molecular formula is C13H26N2O2. The van der Waals surface area contributed by atoms with E-state index in [1.165, 1.54) is 0 Å². The van der Waals surface area contributed by atoms with E-state index in [9.17, 15) is 9.90 Å². The van der Waals surface area contributed by atoms with Crippen molar-refractivity contribution in [2.75, 3.05) is 6.54 Å². The molecule has 1 fully saturated rings. The quantitative estimate of drug-likeness (QED) is 0.635. The fourth-order valence-electron chi connectivity index (χ4n) is 2.42. The van der Waals surface area contributed by atoms with Gasteiger partial charge in [0.25, 0.3) is 0 Å². The Labute approximate surface area is 104 Å². The van der Waals surface area contributed by atoms with Crippen molar-refractivity contribution in [2.24, 2.45) is 0 Å². The summed E-state index contributed by atoms with van der Waals surface area (Å²) in [6, 6.07) is 0.154. The molecule has 1 saturated carbocycles. The van der Waals surface area contributed by atoms with Crippen LogP contribution in [0.4, 0.5) is 0 Å². The molecule has 100 valence electrons. The van der Waals surface area contributed by atoms with Crippen molar-refractivity contribution >= 4 is 5.91 Å². The van der Waals surface area contributed by atoms with E-state index < -0.39 is 0 Å². The van der Waals surface area contributed by atoms with Gasteiger partial charge in [-0.15, -0.1) is 0 Å². The standard InChI is InChI=1S/C13H26N2O2/c1-3-14-10(2)9-13(17)15-11-7-5-4-6-8-12(11)16/h10-12,14,16H,3-9H2,1-2H3,(H,15,17). The Balaban J connectivity index is 2.33. The summed E-state index contributed by atoms with van der Waals surface area (Å²) in [7, 11) is 0. The van der Waals surface area contributed by atoms with Crippen LogP contribution >= 0.6 is 0 Å². The molecule has 1 rings (SSSR count). The Hall–Kier alpha value is -0.610. The molecular weight excluding hydrogens is 216 g/mol. The van der Waals surface area contributed by atoms with E-state index >= 15 is 0 Å². The van der Waals surface area contributed by atoms with E-state index in [4.69, 9.17) is 0 Å². The zero-order valence-electron chi connectivity index (χ0n) is 11.0. The van der Waals surface area contributed by atoms with Gasteiger partial charge in [-0.3, -0.25) is 4.79 Å². The normalized spacial score (nSPS) is 27.2. The molecule has 0 saturated heterocycles. The van der Waals surface area contributed by atoms with E-state index in [-0.39, 0.29) is 24.1 Å². The molecule has 0 aromatic rings. The monoisotopic (exact) mass is 242 g/mol. The summed E-state index contributed by atoms with van der Waals surface area (Å²) >= 11 is 0. The van der Waals surface area contributed by atoms with Crippen LogP contribution in [-0.4, -0.2) is 35.7 Å². The molecule has 1 amide bonds. The maximum absolute atomic E-state index is 11.8. The average Bonchev–Trinajstić information content (AvgIpc) is 2.44. The number of hydrogen-bond acceptors (Lipinski definition) is 3. The fourth-order valence-corrected chi connectivity index (χ4v) is 2.42. The lowest BCUT2D eigenvalue weighted by molar-refractivity contribution is -0.123. The molecule has 1 aliphatic carbocycles. The van der Waals surface area contributed by atoms with Crippen molar-refractivity contribution in [3.05, 3.63) is 0 Å². The lowest BCUT2D eigenvalue weighted by atomic mass is 10.1. The van der Waals surface area contributed by atoms with Gasteiger partial charge in [0.1, 0.15) is 0 Å². The van der Waals surface area contributed by atoms with Gasteiger partial charge < -0.3 is 15.7 Å². The summed E-state index contributed by atoms with van der Waals surface area (Å²) in [4.78, 5) is 11.8. The van der Waals surface area contributed by atoms with Crippen LogP contribution in [0, 0.1) is 0 Å². The molecule has 0 heterocycles. The third kappa shape index (κ3) is 5.50. The Morgan fingerprint density at radius 1 is 1.35 bits per heavy atom. The third-order valence-corrected chi connectivity index (χ3v) is 3.37. The lowest BCUT2D eigenvalue weighted by Gasteiger charge is -2.22. The van der Waals surface area contributed by atoms with Crippen molar-refractivity contribution in [3.63, 3.8) is 0 Å². The number of carbonyl (C=O) groups is 1. The SMILES string of the molecule is CCNC(C)CC(=O)NC1CCCCCC1O. The predicted octanol–water partition coefficient (Wildman–Crippen LogP) is 1.18. The summed E-state index contributed by atoms with van der Waals surface area (Å²) in [5.74, 6) is 0.0457. The van der Waals surface area contributed by atoms with Crippen LogP contribution in [0.25, 0.3) is 0 Å². The second kappa shape index (κ2) is 7.67. The van der Waals surface area contributed by atoms with Crippen molar-refractivity contribution < 1.29 is 9.90 Å². The first-order chi connectivity index (χ1) is 8.13. The van der Waals surface area contributed by atoms with Crippen molar-refractivity contribution in [3.8, 4) is 0 Å². The summed E-state index contributed by atoms with van der Waals surface area (Å²) in [5.41, 5.74) is 0. The second-order valence-corrected chi connectivity index (χ2v) is 5.04. The molecule has 3 N–H and O–H groups in total. The number of amides is 1. The Bertz CT molecular complexity index is 233. The van der Waals surface area contributed by atoms with Crippen LogP contribution in [0.1, 0.15) is 52.4 Å². The number of aliphatic hydroxyl groups excluding tert-OH is 1. The molecule has 0 aromatic heterocycles. The van der Waals surface area contributed by atoms with Gasteiger partial charge in [-0.1, -0.05) is 26.2 Å². The van der Waals surface area contributed by atoms with E-state index in [2.05, 4.69) is 10.6 Å². The molecule has 3 atom stereocenters. The molecule has 4 heteroatoms. The van der Waals surface area contributed by atoms with E-state index in [1.54, 1.807) is 0 Å². The van der Waals surface area contributed by atoms with Crippen molar-refractivity contribution in [1.82, 2.24) is 10.6 Å². The highest BCUT2D eigenvalue weighted by atomic mass is 16.3. The van der Waals surface area contributed by atoms with Crippen molar-refractivity contribution in [2.45, 2.75) is 70.6 Å². The number of aliphatic hydroxyl groups is 1. The summed E-state index contributed by atoms with van der Waals surface area (Å²) in [6.07, 6.45) is 5.17. The molecule has 0 aliphatic heterocycles. The van der Waals surface area contributed by atoms with Crippen LogP contribution in [0.3, 0.4) is 0 Å². The van der Waals surface area contributed by atoms with Crippen LogP contribution in [-0.2, 0) is 4.79 Å². The highest BCUT2D eigenvalue weighted by Gasteiger charge is 2.23. The maximum Gasteiger partial charge on any atom is 0.221 e. The average molecular weight is 242 g/mol. The smallest absolute Gasteiger partial charge is 0.221 e. The number of rotatable bonds is 5. The van der Waals surface area contributed by atoms with Crippen LogP contribution in [0.2, 0.25) is 0 Å². The predicted molar refractivity (Wildman–Crippen MR) is 68.8 cm³/mol. The third-order valence-electron chi connectivity index (χ3n) is 3.37. The van der Waals surface area contributed by atoms with E-state index in [0.29, 0.717) is 6.42 Å². The largest absolute Gasteiger partial charge is 0.391 e. The highest BCUT2D eigenvalue weighted by Crippen LogP contribution is 2.18. The van der Waals surface area contributed by atoms with Crippen LogP contribution in [0.5, 0.6) is 0 Å².